The van der Waals surface area contributed by atoms with E-state index in [0.29, 0.717) is 0 Å². The van der Waals surface area contributed by atoms with Crippen molar-refractivity contribution in [1.29, 1.82) is 0 Å². The van der Waals surface area contributed by atoms with Gasteiger partial charge in [0, 0.05) is 24.7 Å². The van der Waals surface area contributed by atoms with Crippen LogP contribution in [0.4, 0.5) is 0 Å². The predicted molar refractivity (Wildman–Crippen MR) is 59.0 cm³/mol. The highest BCUT2D eigenvalue weighted by Gasteiger charge is 2.09. The van der Waals surface area contributed by atoms with E-state index in [2.05, 4.69) is 28.1 Å². The van der Waals surface area contributed by atoms with E-state index in [4.69, 9.17) is 8.85 Å². The molecule has 0 aliphatic heterocycles. The van der Waals surface area contributed by atoms with Gasteiger partial charge in [0.2, 0.25) is 0 Å². The van der Waals surface area contributed by atoms with Gasteiger partial charge < -0.3 is 8.85 Å². The summed E-state index contributed by atoms with van der Waals surface area (Å²) in [6.07, 6.45) is 0. The van der Waals surface area contributed by atoms with Gasteiger partial charge in [0.05, 0.1) is 0 Å². The Labute approximate surface area is 88.8 Å². The van der Waals surface area contributed by atoms with Crippen molar-refractivity contribution in [2.75, 3.05) is 14.2 Å². The van der Waals surface area contributed by atoms with Crippen LogP contribution >= 0.6 is 15.9 Å². The summed E-state index contributed by atoms with van der Waals surface area (Å²) in [6, 6.07) is 9.16. The van der Waals surface area contributed by atoms with Crippen molar-refractivity contribution >= 4 is 25.2 Å². The lowest BCUT2D eigenvalue weighted by Crippen LogP contribution is -2.22. The molecule has 1 rings (SSSR count). The highest BCUT2D eigenvalue weighted by Crippen LogP contribution is 2.11. The van der Waals surface area contributed by atoms with E-state index in [1.54, 1.807) is 14.2 Å². The summed E-state index contributed by atoms with van der Waals surface area (Å²) in [5.41, 5.74) is 1.27. The van der Waals surface area contributed by atoms with E-state index in [0.717, 1.165) is 10.5 Å². The molecule has 0 aliphatic rings. The van der Waals surface area contributed by atoms with Crippen LogP contribution in [-0.2, 0) is 14.9 Å². The summed E-state index contributed by atoms with van der Waals surface area (Å²) in [5.74, 6) is 0. The minimum Gasteiger partial charge on any atom is -0.400 e. The van der Waals surface area contributed by atoms with Gasteiger partial charge in [-0.15, -0.1) is 0 Å². The molecule has 0 aliphatic carbocycles. The summed E-state index contributed by atoms with van der Waals surface area (Å²) in [4.78, 5) is 0. The van der Waals surface area contributed by atoms with Gasteiger partial charge >= 0.3 is 9.28 Å². The Morgan fingerprint density at radius 3 is 2.15 bits per heavy atom. The first-order valence-electron chi connectivity index (χ1n) is 4.06. The Hall–Kier alpha value is -0.163. The SMILES string of the molecule is CO[SiH](Cc1ccc(Br)cc1)OC. The molecule has 0 fully saturated rings. The molecule has 1 aromatic rings. The second kappa shape index (κ2) is 5.54. The van der Waals surface area contributed by atoms with E-state index in [-0.39, 0.29) is 0 Å². The zero-order chi connectivity index (χ0) is 9.68. The van der Waals surface area contributed by atoms with E-state index < -0.39 is 9.28 Å². The topological polar surface area (TPSA) is 18.5 Å². The quantitative estimate of drug-likeness (QED) is 0.772. The van der Waals surface area contributed by atoms with Crippen LogP contribution < -0.4 is 0 Å². The Balaban J connectivity index is 2.58. The first kappa shape index (κ1) is 10.9. The zero-order valence-corrected chi connectivity index (χ0v) is 10.5. The average molecular weight is 261 g/mol. The normalized spacial score (nSPS) is 10.8. The van der Waals surface area contributed by atoms with Crippen LogP contribution in [0.15, 0.2) is 28.7 Å². The van der Waals surface area contributed by atoms with Crippen LogP contribution in [0.3, 0.4) is 0 Å². The third-order valence-corrected chi connectivity index (χ3v) is 4.23. The van der Waals surface area contributed by atoms with Crippen molar-refractivity contribution < 1.29 is 8.85 Å². The maximum atomic E-state index is 5.24. The van der Waals surface area contributed by atoms with Gasteiger partial charge in [-0.05, 0) is 17.7 Å². The van der Waals surface area contributed by atoms with Gasteiger partial charge in [0.15, 0.2) is 0 Å². The molecule has 0 saturated heterocycles. The molecule has 4 heteroatoms. The molecular weight excluding hydrogens is 248 g/mol. The summed E-state index contributed by atoms with van der Waals surface area (Å²) in [7, 11) is 1.97. The lowest BCUT2D eigenvalue weighted by Gasteiger charge is -2.10. The van der Waals surface area contributed by atoms with Crippen LogP contribution in [0, 0.1) is 0 Å². The minimum absolute atomic E-state index is 0.917. The summed E-state index contributed by atoms with van der Waals surface area (Å²) in [6.45, 7) is 0. The smallest absolute Gasteiger partial charge is 0.325 e. The lowest BCUT2D eigenvalue weighted by molar-refractivity contribution is 0.277. The molecule has 0 amide bonds. The van der Waals surface area contributed by atoms with E-state index in [1.807, 2.05) is 12.1 Å². The Morgan fingerprint density at radius 2 is 1.69 bits per heavy atom. The first-order valence-corrected chi connectivity index (χ1v) is 6.61. The van der Waals surface area contributed by atoms with Crippen LogP contribution in [0.2, 0.25) is 0 Å². The number of hydrogen-bond acceptors (Lipinski definition) is 2. The molecule has 0 N–H and O–H groups in total. The summed E-state index contributed by atoms with van der Waals surface area (Å²) < 4.78 is 11.6. The second-order valence-electron chi connectivity index (χ2n) is 2.73. The highest BCUT2D eigenvalue weighted by atomic mass is 79.9. The fraction of sp³-hybridized carbons (Fsp3) is 0.333. The van der Waals surface area contributed by atoms with Crippen molar-refractivity contribution in [2.24, 2.45) is 0 Å². The maximum Gasteiger partial charge on any atom is 0.325 e. The zero-order valence-electron chi connectivity index (χ0n) is 7.79. The van der Waals surface area contributed by atoms with E-state index in [1.165, 1.54) is 5.56 Å². The molecule has 0 saturated carbocycles. The van der Waals surface area contributed by atoms with Crippen LogP contribution in [0.1, 0.15) is 5.56 Å². The fourth-order valence-electron chi connectivity index (χ4n) is 1.08. The Morgan fingerprint density at radius 1 is 1.15 bits per heavy atom. The summed E-state index contributed by atoms with van der Waals surface area (Å²) in [5, 5.41) is 0. The predicted octanol–water partition coefficient (Wildman–Crippen LogP) is 2.04. The molecule has 0 bridgehead atoms. The molecule has 2 nitrogen and oxygen atoms in total. The number of halogens is 1. The molecule has 0 aromatic heterocycles. The van der Waals surface area contributed by atoms with Gasteiger partial charge in [-0.3, -0.25) is 0 Å². The van der Waals surface area contributed by atoms with Gasteiger partial charge in [-0.1, -0.05) is 28.1 Å². The van der Waals surface area contributed by atoms with Gasteiger partial charge in [-0.2, -0.15) is 0 Å². The number of rotatable bonds is 4. The highest BCUT2D eigenvalue weighted by molar-refractivity contribution is 9.10. The molecule has 0 atom stereocenters. The number of hydrogen-bond donors (Lipinski definition) is 0. The fourth-order valence-corrected chi connectivity index (χ4v) is 2.52. The van der Waals surface area contributed by atoms with Crippen LogP contribution in [-0.4, -0.2) is 23.5 Å². The Kier molecular flexibility index (Phi) is 4.65. The third-order valence-electron chi connectivity index (χ3n) is 1.84. The van der Waals surface area contributed by atoms with Gasteiger partial charge in [0.25, 0.3) is 0 Å². The third kappa shape index (κ3) is 3.60. The molecule has 1 aromatic carbocycles. The first-order chi connectivity index (χ1) is 6.26. The minimum atomic E-state index is -1.45. The van der Waals surface area contributed by atoms with Crippen LogP contribution in [0.5, 0.6) is 0 Å². The summed E-state index contributed by atoms with van der Waals surface area (Å²) >= 11 is 3.39. The number of benzene rings is 1. The average Bonchev–Trinajstić information content (AvgIpc) is 2.17. The van der Waals surface area contributed by atoms with E-state index >= 15 is 0 Å². The van der Waals surface area contributed by atoms with Crippen molar-refractivity contribution in [3.8, 4) is 0 Å². The lowest BCUT2D eigenvalue weighted by atomic mass is 10.2. The van der Waals surface area contributed by atoms with Crippen LogP contribution in [0.25, 0.3) is 0 Å². The molecular formula is C9H13BrO2Si. The Bertz CT molecular complexity index is 246. The van der Waals surface area contributed by atoms with Crippen molar-refractivity contribution in [1.82, 2.24) is 0 Å². The van der Waals surface area contributed by atoms with Crippen molar-refractivity contribution in [3.63, 3.8) is 0 Å². The van der Waals surface area contributed by atoms with Gasteiger partial charge in [-0.25, -0.2) is 0 Å². The molecule has 13 heavy (non-hydrogen) atoms. The standard InChI is InChI=1S/C9H13BrO2Si/c1-11-13(12-2)7-8-3-5-9(10)6-4-8/h3-6,13H,7H2,1-2H3. The van der Waals surface area contributed by atoms with Gasteiger partial charge in [0.1, 0.15) is 0 Å². The molecule has 0 unspecified atom stereocenters. The molecule has 0 heterocycles. The van der Waals surface area contributed by atoms with E-state index in [9.17, 15) is 0 Å². The monoisotopic (exact) mass is 260 g/mol. The van der Waals surface area contributed by atoms with Crippen molar-refractivity contribution in [3.05, 3.63) is 34.3 Å². The second-order valence-corrected chi connectivity index (χ2v) is 5.86. The van der Waals surface area contributed by atoms with Crippen molar-refractivity contribution in [2.45, 2.75) is 6.04 Å². The maximum absolute atomic E-state index is 5.24. The largest absolute Gasteiger partial charge is 0.400 e. The molecule has 0 radical (unpaired) electrons. The molecule has 72 valence electrons. The molecule has 0 spiro atoms.